The number of carbonyl (C=O) groups excluding carboxylic acids is 1. The molecule has 19 heavy (non-hydrogen) atoms. The second-order valence-corrected chi connectivity index (χ2v) is 3.96. The van der Waals surface area contributed by atoms with Gasteiger partial charge in [0.2, 0.25) is 0 Å². The highest BCUT2D eigenvalue weighted by Crippen LogP contribution is 2.35. The van der Waals surface area contributed by atoms with E-state index in [1.54, 1.807) is 38.5 Å². The number of ether oxygens (including phenoxy) is 2. The number of benzene rings is 2. The van der Waals surface area contributed by atoms with E-state index >= 15 is 0 Å². The molecule has 0 spiro atoms. The molecule has 0 aliphatic heterocycles. The van der Waals surface area contributed by atoms with Crippen molar-refractivity contribution < 1.29 is 19.4 Å². The number of aromatic hydroxyl groups is 1. The maximum atomic E-state index is 10.7. The smallest absolute Gasteiger partial charge is 0.153 e. The van der Waals surface area contributed by atoms with Crippen LogP contribution in [0, 0.1) is 0 Å². The highest BCUT2D eigenvalue weighted by molar-refractivity contribution is 5.82. The number of rotatable bonds is 4. The molecular weight excluding hydrogens is 244 g/mol. The minimum Gasteiger partial charge on any atom is -0.507 e. The maximum absolute atomic E-state index is 10.7. The predicted molar refractivity (Wildman–Crippen MR) is 72.0 cm³/mol. The normalized spacial score (nSPS) is 10.0. The molecule has 0 bridgehead atoms. The standard InChI is InChI=1S/C15H14O4/c1-18-12-5-6-15(19-2)13(8-12)10-3-4-11(9-16)14(17)7-10/h3-9,17H,1-2H3. The minimum atomic E-state index is -0.0580. The Morgan fingerprint density at radius 3 is 2.42 bits per heavy atom. The van der Waals surface area contributed by atoms with Crippen LogP contribution in [0.25, 0.3) is 11.1 Å². The second kappa shape index (κ2) is 5.44. The van der Waals surface area contributed by atoms with Crippen molar-refractivity contribution in [2.75, 3.05) is 14.2 Å². The molecule has 4 heteroatoms. The highest BCUT2D eigenvalue weighted by atomic mass is 16.5. The largest absolute Gasteiger partial charge is 0.507 e. The molecule has 0 saturated carbocycles. The molecule has 2 aromatic rings. The van der Waals surface area contributed by atoms with Gasteiger partial charge in [-0.15, -0.1) is 0 Å². The molecule has 0 atom stereocenters. The van der Waals surface area contributed by atoms with Crippen molar-refractivity contribution >= 4 is 6.29 Å². The average molecular weight is 258 g/mol. The van der Waals surface area contributed by atoms with Gasteiger partial charge in [-0.05, 0) is 35.9 Å². The number of phenolic OH excluding ortho intramolecular Hbond substituents is 1. The highest BCUT2D eigenvalue weighted by Gasteiger charge is 2.10. The van der Waals surface area contributed by atoms with E-state index in [0.29, 0.717) is 17.8 Å². The summed E-state index contributed by atoms with van der Waals surface area (Å²) in [5.74, 6) is 1.30. The summed E-state index contributed by atoms with van der Waals surface area (Å²) in [5.41, 5.74) is 1.79. The van der Waals surface area contributed by atoms with E-state index in [9.17, 15) is 9.90 Å². The minimum absolute atomic E-state index is 0.0580. The van der Waals surface area contributed by atoms with Crippen molar-refractivity contribution in [3.8, 4) is 28.4 Å². The third kappa shape index (κ3) is 2.52. The topological polar surface area (TPSA) is 55.8 Å². The van der Waals surface area contributed by atoms with Gasteiger partial charge in [-0.1, -0.05) is 6.07 Å². The van der Waals surface area contributed by atoms with E-state index < -0.39 is 0 Å². The molecule has 0 fully saturated rings. The molecule has 0 radical (unpaired) electrons. The van der Waals surface area contributed by atoms with Gasteiger partial charge in [0, 0.05) is 5.56 Å². The molecule has 4 nitrogen and oxygen atoms in total. The van der Waals surface area contributed by atoms with E-state index in [1.165, 1.54) is 6.07 Å². The quantitative estimate of drug-likeness (QED) is 0.857. The monoisotopic (exact) mass is 258 g/mol. The zero-order valence-corrected chi connectivity index (χ0v) is 10.7. The van der Waals surface area contributed by atoms with E-state index in [-0.39, 0.29) is 11.3 Å². The van der Waals surface area contributed by atoms with Crippen LogP contribution in [0.1, 0.15) is 10.4 Å². The Balaban J connectivity index is 2.56. The first-order chi connectivity index (χ1) is 9.19. The first kappa shape index (κ1) is 13.0. The van der Waals surface area contributed by atoms with Crippen LogP contribution >= 0.6 is 0 Å². The molecule has 1 N–H and O–H groups in total. The van der Waals surface area contributed by atoms with Gasteiger partial charge in [0.25, 0.3) is 0 Å². The fourth-order valence-electron chi connectivity index (χ4n) is 1.85. The van der Waals surface area contributed by atoms with Crippen LogP contribution < -0.4 is 9.47 Å². The fourth-order valence-corrected chi connectivity index (χ4v) is 1.85. The predicted octanol–water partition coefficient (Wildman–Crippen LogP) is 2.89. The molecule has 0 aliphatic carbocycles. The van der Waals surface area contributed by atoms with Gasteiger partial charge in [0.1, 0.15) is 17.2 Å². The van der Waals surface area contributed by atoms with Crippen molar-refractivity contribution in [1.82, 2.24) is 0 Å². The number of aldehydes is 1. The Hall–Kier alpha value is -2.49. The number of methoxy groups -OCH3 is 2. The van der Waals surface area contributed by atoms with Crippen LogP contribution in [0.15, 0.2) is 36.4 Å². The van der Waals surface area contributed by atoms with Crippen LogP contribution in [-0.2, 0) is 0 Å². The first-order valence-corrected chi connectivity index (χ1v) is 5.70. The van der Waals surface area contributed by atoms with Crippen molar-refractivity contribution in [2.45, 2.75) is 0 Å². The van der Waals surface area contributed by atoms with Crippen LogP contribution in [0.5, 0.6) is 17.2 Å². The van der Waals surface area contributed by atoms with Crippen LogP contribution in [-0.4, -0.2) is 25.6 Å². The summed E-state index contributed by atoms with van der Waals surface area (Å²) in [6, 6.07) is 10.2. The van der Waals surface area contributed by atoms with E-state index in [4.69, 9.17) is 9.47 Å². The molecular formula is C15H14O4. The van der Waals surface area contributed by atoms with E-state index in [1.807, 2.05) is 6.07 Å². The second-order valence-electron chi connectivity index (χ2n) is 3.96. The lowest BCUT2D eigenvalue weighted by Gasteiger charge is -2.11. The summed E-state index contributed by atoms with van der Waals surface area (Å²) in [5, 5.41) is 9.74. The molecule has 0 aliphatic rings. The maximum Gasteiger partial charge on any atom is 0.153 e. The zero-order valence-electron chi connectivity index (χ0n) is 10.7. The van der Waals surface area contributed by atoms with Gasteiger partial charge in [-0.2, -0.15) is 0 Å². The number of phenols is 1. The number of hydrogen-bond acceptors (Lipinski definition) is 4. The van der Waals surface area contributed by atoms with Gasteiger partial charge >= 0.3 is 0 Å². The lowest BCUT2D eigenvalue weighted by Crippen LogP contribution is -1.91. The Kier molecular flexibility index (Phi) is 3.71. The van der Waals surface area contributed by atoms with E-state index in [2.05, 4.69) is 0 Å². The van der Waals surface area contributed by atoms with Crippen LogP contribution in [0.3, 0.4) is 0 Å². The lowest BCUT2D eigenvalue weighted by atomic mass is 10.0. The first-order valence-electron chi connectivity index (χ1n) is 5.70. The molecule has 2 rings (SSSR count). The summed E-state index contributed by atoms with van der Waals surface area (Å²) < 4.78 is 10.5. The zero-order chi connectivity index (χ0) is 13.8. The lowest BCUT2D eigenvalue weighted by molar-refractivity contribution is 0.112. The summed E-state index contributed by atoms with van der Waals surface area (Å²) >= 11 is 0. The molecule has 0 aromatic heterocycles. The van der Waals surface area contributed by atoms with Crippen LogP contribution in [0.2, 0.25) is 0 Å². The average Bonchev–Trinajstić information content (AvgIpc) is 2.46. The Morgan fingerprint density at radius 2 is 1.84 bits per heavy atom. The van der Waals surface area contributed by atoms with Gasteiger partial charge in [-0.3, -0.25) is 4.79 Å². The Labute approximate surface area is 111 Å². The summed E-state index contributed by atoms with van der Waals surface area (Å²) in [7, 11) is 3.16. The van der Waals surface area contributed by atoms with Gasteiger partial charge in [-0.25, -0.2) is 0 Å². The van der Waals surface area contributed by atoms with Crippen LogP contribution in [0.4, 0.5) is 0 Å². The molecule has 0 saturated heterocycles. The molecule has 2 aromatic carbocycles. The van der Waals surface area contributed by atoms with Crippen molar-refractivity contribution in [1.29, 1.82) is 0 Å². The molecule has 98 valence electrons. The number of carbonyl (C=O) groups is 1. The molecule has 0 amide bonds. The fraction of sp³-hybridized carbons (Fsp3) is 0.133. The van der Waals surface area contributed by atoms with Gasteiger partial charge < -0.3 is 14.6 Å². The molecule has 0 heterocycles. The molecule has 0 unspecified atom stereocenters. The van der Waals surface area contributed by atoms with Gasteiger partial charge in [0.05, 0.1) is 19.8 Å². The van der Waals surface area contributed by atoms with Gasteiger partial charge in [0.15, 0.2) is 6.29 Å². The Bertz CT molecular complexity index is 605. The number of hydrogen-bond donors (Lipinski definition) is 1. The summed E-state index contributed by atoms with van der Waals surface area (Å²) in [4.78, 5) is 10.7. The third-order valence-corrected chi connectivity index (χ3v) is 2.88. The van der Waals surface area contributed by atoms with Crippen molar-refractivity contribution in [3.05, 3.63) is 42.0 Å². The summed E-state index contributed by atoms with van der Waals surface area (Å²) in [6.45, 7) is 0. The summed E-state index contributed by atoms with van der Waals surface area (Å²) in [6.07, 6.45) is 0.613. The SMILES string of the molecule is COc1ccc(OC)c(-c2ccc(C=O)c(O)c2)c1. The van der Waals surface area contributed by atoms with Crippen molar-refractivity contribution in [3.63, 3.8) is 0 Å². The van der Waals surface area contributed by atoms with Crippen molar-refractivity contribution in [2.24, 2.45) is 0 Å². The third-order valence-electron chi connectivity index (χ3n) is 2.88. The van der Waals surface area contributed by atoms with E-state index in [0.717, 1.165) is 11.1 Å². The Morgan fingerprint density at radius 1 is 1.05 bits per heavy atom.